The van der Waals surface area contributed by atoms with Crippen molar-refractivity contribution in [1.82, 2.24) is 5.32 Å². The van der Waals surface area contributed by atoms with Gasteiger partial charge < -0.3 is 5.32 Å². The number of carbonyl (C=O) groups excluding carboxylic acids is 1. The minimum absolute atomic E-state index is 0.0728. The summed E-state index contributed by atoms with van der Waals surface area (Å²) in [4.78, 5) is 16.2. The highest BCUT2D eigenvalue weighted by Gasteiger charge is 2.48. The second kappa shape index (κ2) is 3.82. The topological polar surface area (TPSA) is 41.5 Å². The fraction of sp³-hybridized carbons (Fsp3) is 0.857. The first-order valence-electron chi connectivity index (χ1n) is 6.60. The Bertz CT molecular complexity index is 372. The van der Waals surface area contributed by atoms with Crippen LogP contribution in [0.15, 0.2) is 4.99 Å². The Morgan fingerprint density at radius 3 is 2.65 bits per heavy atom. The smallest absolute Gasteiger partial charge is 0.217 e. The number of nitrogens with zero attached hydrogens (tertiary/aromatic N) is 1. The molecule has 1 aliphatic carbocycles. The van der Waals surface area contributed by atoms with Gasteiger partial charge in [0.05, 0.1) is 5.54 Å². The third-order valence-corrected chi connectivity index (χ3v) is 4.73. The molecule has 2 aliphatic rings. The van der Waals surface area contributed by atoms with E-state index in [1.165, 1.54) is 12.1 Å². The van der Waals surface area contributed by atoms with Gasteiger partial charge in [0.1, 0.15) is 0 Å². The summed E-state index contributed by atoms with van der Waals surface area (Å²) in [6.45, 7) is 10.4. The quantitative estimate of drug-likeness (QED) is 0.747. The van der Waals surface area contributed by atoms with Crippen molar-refractivity contribution in [2.75, 3.05) is 0 Å². The maximum atomic E-state index is 11.4. The van der Waals surface area contributed by atoms with E-state index in [1.807, 2.05) is 0 Å². The van der Waals surface area contributed by atoms with Gasteiger partial charge in [0.15, 0.2) is 0 Å². The maximum absolute atomic E-state index is 11.4. The van der Waals surface area contributed by atoms with E-state index in [9.17, 15) is 4.79 Å². The molecule has 3 atom stereocenters. The van der Waals surface area contributed by atoms with E-state index in [1.54, 1.807) is 6.92 Å². The maximum Gasteiger partial charge on any atom is 0.217 e. The van der Waals surface area contributed by atoms with Crippen molar-refractivity contribution in [2.45, 2.75) is 65.0 Å². The zero-order valence-electron chi connectivity index (χ0n) is 11.6. The molecule has 17 heavy (non-hydrogen) atoms. The summed E-state index contributed by atoms with van der Waals surface area (Å²) in [5, 5.41) is 3.15. The van der Waals surface area contributed by atoms with E-state index < -0.39 is 0 Å². The summed E-state index contributed by atoms with van der Waals surface area (Å²) in [6, 6.07) is 0. The Kier molecular flexibility index (Phi) is 2.83. The number of amides is 1. The van der Waals surface area contributed by atoms with Gasteiger partial charge in [0.2, 0.25) is 5.91 Å². The van der Waals surface area contributed by atoms with E-state index in [4.69, 9.17) is 4.99 Å². The fourth-order valence-corrected chi connectivity index (χ4v) is 3.76. The Morgan fingerprint density at radius 2 is 2.06 bits per heavy atom. The van der Waals surface area contributed by atoms with Crippen LogP contribution in [0.2, 0.25) is 0 Å². The van der Waals surface area contributed by atoms with Crippen LogP contribution in [-0.4, -0.2) is 22.7 Å². The van der Waals surface area contributed by atoms with Crippen molar-refractivity contribution in [3.8, 4) is 0 Å². The molecule has 3 heteroatoms. The molecule has 96 valence electrons. The van der Waals surface area contributed by atoms with Crippen LogP contribution in [0.5, 0.6) is 0 Å². The Balaban J connectivity index is 2.31. The van der Waals surface area contributed by atoms with Crippen molar-refractivity contribution in [3.63, 3.8) is 0 Å². The normalized spacial score (nSPS) is 39.5. The van der Waals surface area contributed by atoms with Gasteiger partial charge in [0, 0.05) is 24.1 Å². The number of hydrogen-bond acceptors (Lipinski definition) is 2. The molecule has 1 N–H and O–H groups in total. The minimum atomic E-state index is -0.0909. The molecule has 2 bridgehead atoms. The second-order valence-corrected chi connectivity index (χ2v) is 6.53. The molecule has 0 aromatic carbocycles. The van der Waals surface area contributed by atoms with Gasteiger partial charge in [-0.15, -0.1) is 0 Å². The van der Waals surface area contributed by atoms with Gasteiger partial charge in [-0.1, -0.05) is 0 Å². The molecule has 0 aromatic heterocycles. The summed E-state index contributed by atoms with van der Waals surface area (Å²) in [7, 11) is 0. The van der Waals surface area contributed by atoms with Gasteiger partial charge in [-0.25, -0.2) is 0 Å². The lowest BCUT2D eigenvalue weighted by Crippen LogP contribution is -2.59. The lowest BCUT2D eigenvalue weighted by atomic mass is 9.61. The standard InChI is InChI=1S/C14H24N2O/c1-9-12-8-11(13(3,4)15-9)6-7-14(12,5)16-10(2)17/h11-12H,6-8H2,1-5H3,(H,16,17)/t11-,12-,14+/m1/s1. The van der Waals surface area contributed by atoms with Crippen molar-refractivity contribution in [3.05, 3.63) is 0 Å². The zero-order valence-corrected chi connectivity index (χ0v) is 11.6. The average molecular weight is 236 g/mol. The highest BCUT2D eigenvalue weighted by atomic mass is 16.1. The number of hydrogen-bond donors (Lipinski definition) is 1. The van der Waals surface area contributed by atoms with Crippen LogP contribution in [0.25, 0.3) is 0 Å². The van der Waals surface area contributed by atoms with Crippen LogP contribution < -0.4 is 5.32 Å². The molecule has 1 heterocycles. The third-order valence-electron chi connectivity index (χ3n) is 4.73. The van der Waals surface area contributed by atoms with Crippen molar-refractivity contribution in [1.29, 1.82) is 0 Å². The largest absolute Gasteiger partial charge is 0.351 e. The van der Waals surface area contributed by atoms with Gasteiger partial charge >= 0.3 is 0 Å². The zero-order chi connectivity index (χ0) is 12.8. The lowest BCUT2D eigenvalue weighted by molar-refractivity contribution is -0.121. The van der Waals surface area contributed by atoms with Crippen LogP contribution in [0.3, 0.4) is 0 Å². The van der Waals surface area contributed by atoms with Crippen LogP contribution in [0, 0.1) is 11.8 Å². The molecular formula is C14H24N2O. The van der Waals surface area contributed by atoms with Gasteiger partial charge in [0.25, 0.3) is 0 Å². The van der Waals surface area contributed by atoms with Crippen molar-refractivity contribution < 1.29 is 4.79 Å². The molecule has 2 rings (SSSR count). The molecular weight excluding hydrogens is 212 g/mol. The summed E-state index contributed by atoms with van der Waals surface area (Å²) in [6.07, 6.45) is 3.40. The number of aliphatic imine (C=N–C) groups is 1. The van der Waals surface area contributed by atoms with E-state index >= 15 is 0 Å². The van der Waals surface area contributed by atoms with Gasteiger partial charge in [-0.2, -0.15) is 0 Å². The third kappa shape index (κ3) is 2.12. The SMILES string of the molecule is CC(=O)N[C@@]1(C)CC[C@@H]2C[C@@H]1C(C)=NC2(C)C. The summed E-state index contributed by atoms with van der Waals surface area (Å²) < 4.78 is 0. The number of nitrogens with one attached hydrogen (secondary N) is 1. The van der Waals surface area contributed by atoms with E-state index in [0.29, 0.717) is 11.8 Å². The molecule has 1 fully saturated rings. The molecule has 1 aliphatic heterocycles. The number of fused-ring (bicyclic) bond motifs is 2. The minimum Gasteiger partial charge on any atom is -0.351 e. The molecule has 0 aromatic rings. The second-order valence-electron chi connectivity index (χ2n) is 6.53. The molecule has 1 amide bonds. The Morgan fingerprint density at radius 1 is 1.41 bits per heavy atom. The first-order valence-corrected chi connectivity index (χ1v) is 6.60. The summed E-state index contributed by atoms with van der Waals surface area (Å²) in [5.41, 5.74) is 1.20. The van der Waals surface area contributed by atoms with Crippen LogP contribution in [0.1, 0.15) is 53.9 Å². The predicted molar refractivity (Wildman–Crippen MR) is 70.2 cm³/mol. The molecule has 3 nitrogen and oxygen atoms in total. The molecule has 0 saturated heterocycles. The number of rotatable bonds is 1. The Hall–Kier alpha value is -0.860. The van der Waals surface area contributed by atoms with Crippen molar-refractivity contribution >= 4 is 11.6 Å². The molecule has 0 unspecified atom stereocenters. The van der Waals surface area contributed by atoms with Gasteiger partial charge in [-0.05, 0) is 52.9 Å². The van der Waals surface area contributed by atoms with Gasteiger partial charge in [-0.3, -0.25) is 9.79 Å². The van der Waals surface area contributed by atoms with Crippen molar-refractivity contribution in [2.24, 2.45) is 16.8 Å². The highest BCUT2D eigenvalue weighted by molar-refractivity contribution is 5.88. The van der Waals surface area contributed by atoms with Crippen LogP contribution in [0.4, 0.5) is 0 Å². The first-order chi connectivity index (χ1) is 7.74. The summed E-state index contributed by atoms with van der Waals surface area (Å²) >= 11 is 0. The fourth-order valence-electron chi connectivity index (χ4n) is 3.76. The van der Waals surface area contributed by atoms with E-state index in [0.717, 1.165) is 12.8 Å². The monoisotopic (exact) mass is 236 g/mol. The summed E-state index contributed by atoms with van der Waals surface area (Å²) in [5.74, 6) is 1.15. The molecule has 0 radical (unpaired) electrons. The lowest BCUT2D eigenvalue weighted by Gasteiger charge is -2.51. The number of carbonyl (C=O) groups is 1. The highest BCUT2D eigenvalue weighted by Crippen LogP contribution is 2.46. The van der Waals surface area contributed by atoms with Crippen LogP contribution >= 0.6 is 0 Å². The predicted octanol–water partition coefficient (Wildman–Crippen LogP) is 2.55. The average Bonchev–Trinajstić information content (AvgIpc) is 2.13. The molecule has 0 spiro atoms. The first kappa shape index (κ1) is 12.6. The molecule has 1 saturated carbocycles. The van der Waals surface area contributed by atoms with Crippen LogP contribution in [-0.2, 0) is 4.79 Å². The van der Waals surface area contributed by atoms with E-state index in [-0.39, 0.29) is 17.0 Å². The Labute approximate surface area is 104 Å². The van der Waals surface area contributed by atoms with E-state index in [2.05, 4.69) is 33.0 Å².